The van der Waals surface area contributed by atoms with Gasteiger partial charge in [0.15, 0.2) is 5.15 Å². The van der Waals surface area contributed by atoms with E-state index in [9.17, 15) is 14.0 Å². The van der Waals surface area contributed by atoms with Crippen LogP contribution in [0.1, 0.15) is 0 Å². The number of aromatic nitrogens is 2. The van der Waals surface area contributed by atoms with Gasteiger partial charge in [-0.3, -0.25) is 9.78 Å². The number of H-pyrrole nitrogens is 1. The maximum absolute atomic E-state index is 13.4. The van der Waals surface area contributed by atoms with E-state index in [4.69, 9.17) is 34.8 Å². The molecule has 1 N–H and O–H groups in total. The molecule has 19 heavy (non-hydrogen) atoms. The quantitative estimate of drug-likeness (QED) is 0.602. The Kier molecular flexibility index (Phi) is 4.06. The summed E-state index contributed by atoms with van der Waals surface area (Å²) in [6.07, 6.45) is 0. The number of nitrogens with one attached hydrogen (secondary N) is 1. The van der Waals surface area contributed by atoms with Gasteiger partial charge >= 0.3 is 5.69 Å². The van der Waals surface area contributed by atoms with Crippen molar-refractivity contribution in [2.45, 2.75) is 0 Å². The third-order valence-electron chi connectivity index (χ3n) is 2.26. The number of rotatable bonds is 1. The van der Waals surface area contributed by atoms with Gasteiger partial charge in [0.1, 0.15) is 0 Å². The summed E-state index contributed by atoms with van der Waals surface area (Å²) in [6.45, 7) is 0. The van der Waals surface area contributed by atoms with E-state index in [0.29, 0.717) is 9.04 Å². The Hall–Kier alpha value is -0.820. The highest BCUT2D eigenvalue weighted by Crippen LogP contribution is 2.33. The van der Waals surface area contributed by atoms with E-state index < -0.39 is 22.2 Å². The van der Waals surface area contributed by atoms with E-state index in [2.05, 4.69) is 15.9 Å². The van der Waals surface area contributed by atoms with Crippen LogP contribution in [0, 0.1) is 5.82 Å². The molecule has 0 aliphatic rings. The van der Waals surface area contributed by atoms with Gasteiger partial charge in [0.25, 0.3) is 5.56 Å². The van der Waals surface area contributed by atoms with Crippen molar-refractivity contribution < 1.29 is 4.39 Å². The number of halogens is 5. The van der Waals surface area contributed by atoms with Gasteiger partial charge < -0.3 is 0 Å². The van der Waals surface area contributed by atoms with Crippen molar-refractivity contribution in [1.82, 2.24) is 9.55 Å². The van der Waals surface area contributed by atoms with Gasteiger partial charge in [-0.05, 0) is 28.1 Å². The fourth-order valence-electron chi connectivity index (χ4n) is 1.40. The molecule has 0 spiro atoms. The van der Waals surface area contributed by atoms with E-state index in [1.54, 1.807) is 0 Å². The molecule has 9 heteroatoms. The topological polar surface area (TPSA) is 54.9 Å². The molecule has 0 aliphatic heterocycles. The summed E-state index contributed by atoms with van der Waals surface area (Å²) in [7, 11) is 0. The van der Waals surface area contributed by atoms with Crippen molar-refractivity contribution in [3.63, 3.8) is 0 Å². The molecule has 2 aromatic rings. The molecule has 0 saturated heterocycles. The lowest BCUT2D eigenvalue weighted by molar-refractivity contribution is 0.584. The first-order valence-electron chi connectivity index (χ1n) is 4.68. The Labute approximate surface area is 128 Å². The summed E-state index contributed by atoms with van der Waals surface area (Å²) in [4.78, 5) is 25.4. The Morgan fingerprint density at radius 1 is 1.16 bits per heavy atom. The SMILES string of the molecule is O=c1[nH]c(Cl)c(F)c(=O)n1-c1ccc(Br)c(Cl)c1Cl. The minimum atomic E-state index is -1.28. The number of aromatic amines is 1. The van der Waals surface area contributed by atoms with Crippen LogP contribution < -0.4 is 11.2 Å². The Bertz CT molecular complexity index is 788. The Morgan fingerprint density at radius 3 is 2.42 bits per heavy atom. The lowest BCUT2D eigenvalue weighted by Crippen LogP contribution is -2.36. The summed E-state index contributed by atoms with van der Waals surface area (Å²) in [5.41, 5.74) is -2.18. The van der Waals surface area contributed by atoms with Gasteiger partial charge in [-0.15, -0.1) is 0 Å². The molecule has 100 valence electrons. The highest BCUT2D eigenvalue weighted by Gasteiger charge is 2.17. The predicted molar refractivity (Wildman–Crippen MR) is 75.3 cm³/mol. The van der Waals surface area contributed by atoms with Crippen molar-refractivity contribution in [1.29, 1.82) is 0 Å². The van der Waals surface area contributed by atoms with Crippen molar-refractivity contribution in [2.75, 3.05) is 0 Å². The second-order valence-corrected chi connectivity index (χ2v) is 5.38. The van der Waals surface area contributed by atoms with Crippen molar-refractivity contribution in [2.24, 2.45) is 0 Å². The van der Waals surface area contributed by atoms with Crippen LogP contribution in [-0.4, -0.2) is 9.55 Å². The standard InChI is InChI=1S/C10H3BrCl3FN2O2/c11-3-1-2-4(6(13)5(3)12)17-9(18)7(15)8(14)16-10(17)19/h1-2H,(H,16,19). The molecule has 0 bridgehead atoms. The first-order valence-corrected chi connectivity index (χ1v) is 6.61. The number of nitrogens with zero attached hydrogens (tertiary/aromatic N) is 1. The van der Waals surface area contributed by atoms with Gasteiger partial charge in [0.2, 0.25) is 5.82 Å². The molecule has 1 aromatic heterocycles. The van der Waals surface area contributed by atoms with Crippen LogP contribution in [0.25, 0.3) is 5.69 Å². The van der Waals surface area contributed by atoms with Crippen molar-refractivity contribution in [3.05, 3.63) is 58.5 Å². The molecule has 0 atom stereocenters. The molecular formula is C10H3BrCl3FN2O2. The third kappa shape index (κ3) is 2.45. The van der Waals surface area contributed by atoms with Crippen LogP contribution in [-0.2, 0) is 0 Å². The van der Waals surface area contributed by atoms with E-state index in [-0.39, 0.29) is 15.7 Å². The van der Waals surface area contributed by atoms with Crippen LogP contribution in [0.5, 0.6) is 0 Å². The maximum atomic E-state index is 13.4. The first kappa shape index (κ1) is 14.6. The second kappa shape index (κ2) is 5.28. The lowest BCUT2D eigenvalue weighted by Gasteiger charge is -2.09. The van der Waals surface area contributed by atoms with Crippen LogP contribution in [0.15, 0.2) is 26.2 Å². The van der Waals surface area contributed by atoms with Gasteiger partial charge in [-0.2, -0.15) is 4.39 Å². The average molecular weight is 388 g/mol. The van der Waals surface area contributed by atoms with Crippen molar-refractivity contribution >= 4 is 50.7 Å². The second-order valence-electron chi connectivity index (χ2n) is 3.39. The fraction of sp³-hybridized carbons (Fsp3) is 0. The van der Waals surface area contributed by atoms with E-state index in [1.807, 2.05) is 4.98 Å². The minimum Gasteiger partial charge on any atom is -0.295 e. The first-order chi connectivity index (χ1) is 8.84. The summed E-state index contributed by atoms with van der Waals surface area (Å²) in [5, 5.41) is -0.628. The molecule has 0 aliphatic carbocycles. The van der Waals surface area contributed by atoms with Gasteiger partial charge in [-0.25, -0.2) is 9.36 Å². The summed E-state index contributed by atoms with van der Waals surface area (Å²) >= 11 is 20.3. The number of hydrogen-bond donors (Lipinski definition) is 1. The highest BCUT2D eigenvalue weighted by atomic mass is 79.9. The molecule has 4 nitrogen and oxygen atoms in total. The molecule has 2 rings (SSSR count). The molecule has 1 aromatic carbocycles. The molecule has 0 saturated carbocycles. The molecule has 0 fully saturated rings. The van der Waals surface area contributed by atoms with Crippen LogP contribution >= 0.6 is 50.7 Å². The van der Waals surface area contributed by atoms with Crippen LogP contribution in [0.3, 0.4) is 0 Å². The van der Waals surface area contributed by atoms with E-state index in [1.165, 1.54) is 12.1 Å². The van der Waals surface area contributed by atoms with Gasteiger partial charge in [0, 0.05) is 4.47 Å². The van der Waals surface area contributed by atoms with Crippen LogP contribution in [0.2, 0.25) is 15.2 Å². The third-order valence-corrected chi connectivity index (χ3v) is 4.28. The molecule has 1 heterocycles. The largest absolute Gasteiger partial charge is 0.334 e. The number of benzene rings is 1. The van der Waals surface area contributed by atoms with Gasteiger partial charge in [0.05, 0.1) is 15.7 Å². The summed E-state index contributed by atoms with van der Waals surface area (Å²) < 4.78 is 14.4. The molecule has 0 unspecified atom stereocenters. The van der Waals surface area contributed by atoms with E-state index >= 15 is 0 Å². The molecule has 0 radical (unpaired) electrons. The summed E-state index contributed by atoms with van der Waals surface area (Å²) in [5.74, 6) is -1.28. The highest BCUT2D eigenvalue weighted by molar-refractivity contribution is 9.10. The van der Waals surface area contributed by atoms with Crippen molar-refractivity contribution in [3.8, 4) is 5.69 Å². The molecular weight excluding hydrogens is 385 g/mol. The van der Waals surface area contributed by atoms with Gasteiger partial charge in [-0.1, -0.05) is 34.8 Å². The smallest absolute Gasteiger partial charge is 0.295 e. The zero-order valence-corrected chi connectivity index (χ0v) is 12.7. The lowest BCUT2D eigenvalue weighted by atomic mass is 10.3. The normalized spacial score (nSPS) is 10.8. The summed E-state index contributed by atoms with van der Waals surface area (Å²) in [6, 6.07) is 2.82. The number of hydrogen-bond acceptors (Lipinski definition) is 2. The van der Waals surface area contributed by atoms with Crippen LogP contribution in [0.4, 0.5) is 4.39 Å². The molecule has 0 amide bonds. The zero-order chi connectivity index (χ0) is 14.3. The predicted octanol–water partition coefficient (Wildman–Crippen LogP) is 3.39. The average Bonchev–Trinajstić information content (AvgIpc) is 2.36. The minimum absolute atomic E-state index is 0.0447. The monoisotopic (exact) mass is 386 g/mol. The Balaban J connectivity index is 2.89. The maximum Gasteiger partial charge on any atom is 0.334 e. The fourth-order valence-corrected chi connectivity index (χ4v) is 2.41. The zero-order valence-electron chi connectivity index (χ0n) is 8.81. The Morgan fingerprint density at radius 2 is 1.79 bits per heavy atom. The van der Waals surface area contributed by atoms with E-state index in [0.717, 1.165) is 0 Å².